The summed E-state index contributed by atoms with van der Waals surface area (Å²) in [5, 5.41) is 3.95. The van der Waals surface area contributed by atoms with Crippen molar-refractivity contribution >= 4 is 21.8 Å². The summed E-state index contributed by atoms with van der Waals surface area (Å²) in [5.74, 6) is 1.95. The molecule has 6 heteroatoms. The van der Waals surface area contributed by atoms with Crippen LogP contribution >= 0.6 is 15.9 Å². The van der Waals surface area contributed by atoms with Crippen LogP contribution in [0.2, 0.25) is 0 Å². The van der Waals surface area contributed by atoms with Gasteiger partial charge in [0, 0.05) is 11.6 Å². The van der Waals surface area contributed by atoms with Crippen molar-refractivity contribution in [2.24, 2.45) is 0 Å². The fourth-order valence-electron chi connectivity index (χ4n) is 2.08. The predicted molar refractivity (Wildman–Crippen MR) is 81.2 cm³/mol. The van der Waals surface area contributed by atoms with Crippen molar-refractivity contribution in [3.05, 3.63) is 22.2 Å². The van der Waals surface area contributed by atoms with Gasteiger partial charge in [-0.2, -0.15) is 0 Å². The third-order valence-electron chi connectivity index (χ3n) is 3.04. The molecular formula is C14H17BrN2O3. The first-order valence-corrected chi connectivity index (χ1v) is 6.95. The molecule has 0 amide bonds. The standard InChI is InChI=1S/C14H17BrN2O3/c1-7(2)8-5-9(10-6-11(16)20-17-10)14(19-4)12(15)13(8)18-3/h5-7H,16H2,1-4H3. The summed E-state index contributed by atoms with van der Waals surface area (Å²) >= 11 is 3.54. The first-order valence-electron chi connectivity index (χ1n) is 6.16. The van der Waals surface area contributed by atoms with Crippen LogP contribution in [0.3, 0.4) is 0 Å². The maximum Gasteiger partial charge on any atom is 0.222 e. The highest BCUT2D eigenvalue weighted by atomic mass is 79.9. The predicted octanol–water partition coefficient (Wildman–Crippen LogP) is 3.83. The summed E-state index contributed by atoms with van der Waals surface area (Å²) in [5.41, 5.74) is 8.08. The van der Waals surface area contributed by atoms with Crippen molar-refractivity contribution in [1.29, 1.82) is 0 Å². The van der Waals surface area contributed by atoms with E-state index in [-0.39, 0.29) is 11.8 Å². The summed E-state index contributed by atoms with van der Waals surface area (Å²) in [6, 6.07) is 3.66. The van der Waals surface area contributed by atoms with Gasteiger partial charge in [0.05, 0.1) is 14.2 Å². The molecule has 108 valence electrons. The van der Waals surface area contributed by atoms with Crippen LogP contribution in [0.25, 0.3) is 11.3 Å². The minimum absolute atomic E-state index is 0.264. The van der Waals surface area contributed by atoms with E-state index in [9.17, 15) is 0 Å². The SMILES string of the molecule is COc1c(-c2cc(N)on2)cc(C(C)C)c(OC)c1Br. The first kappa shape index (κ1) is 14.7. The van der Waals surface area contributed by atoms with Crippen LogP contribution in [0.5, 0.6) is 11.5 Å². The van der Waals surface area contributed by atoms with Crippen LogP contribution in [0, 0.1) is 0 Å². The molecule has 2 rings (SSSR count). The Kier molecular flexibility index (Phi) is 4.23. The van der Waals surface area contributed by atoms with Crippen LogP contribution in [0.1, 0.15) is 25.3 Å². The lowest BCUT2D eigenvalue weighted by molar-refractivity contribution is 0.385. The van der Waals surface area contributed by atoms with Gasteiger partial charge < -0.3 is 19.7 Å². The van der Waals surface area contributed by atoms with Gasteiger partial charge >= 0.3 is 0 Å². The van der Waals surface area contributed by atoms with Crippen LogP contribution < -0.4 is 15.2 Å². The quantitative estimate of drug-likeness (QED) is 0.915. The van der Waals surface area contributed by atoms with Crippen molar-refractivity contribution < 1.29 is 14.0 Å². The van der Waals surface area contributed by atoms with Crippen LogP contribution in [-0.4, -0.2) is 19.4 Å². The van der Waals surface area contributed by atoms with Gasteiger partial charge in [-0.1, -0.05) is 19.0 Å². The Bertz CT molecular complexity index is 623. The lowest BCUT2D eigenvalue weighted by Gasteiger charge is -2.18. The van der Waals surface area contributed by atoms with Gasteiger partial charge in [0.2, 0.25) is 5.88 Å². The summed E-state index contributed by atoms with van der Waals surface area (Å²) in [6.07, 6.45) is 0. The highest BCUT2D eigenvalue weighted by molar-refractivity contribution is 9.10. The maximum absolute atomic E-state index is 5.59. The Morgan fingerprint density at radius 2 is 1.85 bits per heavy atom. The van der Waals surface area contributed by atoms with Gasteiger partial charge in [0.1, 0.15) is 21.7 Å². The van der Waals surface area contributed by atoms with E-state index in [1.165, 1.54) is 0 Å². The number of hydrogen-bond donors (Lipinski definition) is 1. The number of halogens is 1. The lowest BCUT2D eigenvalue weighted by Crippen LogP contribution is -2.00. The summed E-state index contributed by atoms with van der Waals surface area (Å²) in [4.78, 5) is 0. The molecule has 0 bridgehead atoms. The van der Waals surface area contributed by atoms with E-state index < -0.39 is 0 Å². The largest absolute Gasteiger partial charge is 0.495 e. The number of nitrogens with two attached hydrogens (primary N) is 1. The number of aromatic nitrogens is 1. The molecule has 0 unspecified atom stereocenters. The Morgan fingerprint density at radius 3 is 2.30 bits per heavy atom. The maximum atomic E-state index is 5.59. The van der Waals surface area contributed by atoms with Gasteiger partial charge in [-0.15, -0.1) is 0 Å². The van der Waals surface area contributed by atoms with Gasteiger partial charge in [-0.25, -0.2) is 0 Å². The van der Waals surface area contributed by atoms with E-state index in [1.807, 2.05) is 6.07 Å². The second-order valence-corrected chi connectivity index (χ2v) is 5.46. The van der Waals surface area contributed by atoms with Gasteiger partial charge in [0.15, 0.2) is 0 Å². The number of rotatable bonds is 4. The summed E-state index contributed by atoms with van der Waals surface area (Å²) in [7, 11) is 3.24. The molecule has 0 aliphatic rings. The zero-order chi connectivity index (χ0) is 14.9. The summed E-state index contributed by atoms with van der Waals surface area (Å²) < 4.78 is 16.6. The zero-order valence-electron chi connectivity index (χ0n) is 11.9. The molecule has 20 heavy (non-hydrogen) atoms. The fourth-order valence-corrected chi connectivity index (χ4v) is 2.84. The van der Waals surface area contributed by atoms with E-state index in [2.05, 4.69) is 34.9 Å². The molecule has 1 aromatic heterocycles. The van der Waals surface area contributed by atoms with Gasteiger partial charge in [-0.3, -0.25) is 0 Å². The molecule has 0 saturated carbocycles. The molecule has 0 radical (unpaired) electrons. The van der Waals surface area contributed by atoms with E-state index in [1.54, 1.807) is 20.3 Å². The first-order chi connectivity index (χ1) is 9.49. The minimum Gasteiger partial charge on any atom is -0.495 e. The van der Waals surface area contributed by atoms with E-state index >= 15 is 0 Å². The summed E-state index contributed by atoms with van der Waals surface area (Å²) in [6.45, 7) is 4.19. The highest BCUT2D eigenvalue weighted by Crippen LogP contribution is 2.46. The topological polar surface area (TPSA) is 70.5 Å². The number of anilines is 1. The van der Waals surface area contributed by atoms with Gasteiger partial charge in [-0.05, 0) is 33.5 Å². The zero-order valence-corrected chi connectivity index (χ0v) is 13.4. The Balaban J connectivity index is 2.73. The third kappa shape index (κ3) is 2.47. The monoisotopic (exact) mass is 340 g/mol. The molecule has 5 nitrogen and oxygen atoms in total. The average Bonchev–Trinajstić information content (AvgIpc) is 2.83. The Labute approximate surface area is 126 Å². The molecular weight excluding hydrogens is 324 g/mol. The second-order valence-electron chi connectivity index (χ2n) is 4.66. The molecule has 1 aromatic carbocycles. The number of benzene rings is 1. The molecule has 2 aromatic rings. The van der Waals surface area contributed by atoms with Crippen molar-refractivity contribution in [1.82, 2.24) is 5.16 Å². The number of hydrogen-bond acceptors (Lipinski definition) is 5. The number of ether oxygens (including phenoxy) is 2. The van der Waals surface area contributed by atoms with E-state index in [0.29, 0.717) is 11.4 Å². The molecule has 0 aliphatic heterocycles. The molecule has 0 atom stereocenters. The van der Waals surface area contributed by atoms with Crippen molar-refractivity contribution in [3.8, 4) is 22.8 Å². The smallest absolute Gasteiger partial charge is 0.222 e. The van der Waals surface area contributed by atoms with Crippen LogP contribution in [0.4, 0.5) is 5.88 Å². The number of methoxy groups -OCH3 is 2. The minimum atomic E-state index is 0.264. The van der Waals surface area contributed by atoms with Crippen LogP contribution in [-0.2, 0) is 0 Å². The average molecular weight is 341 g/mol. The van der Waals surface area contributed by atoms with E-state index in [0.717, 1.165) is 21.3 Å². The normalized spacial score (nSPS) is 10.9. The molecule has 2 N–H and O–H groups in total. The molecule has 0 fully saturated rings. The van der Waals surface area contributed by atoms with Crippen molar-refractivity contribution in [3.63, 3.8) is 0 Å². The molecule has 0 aliphatic carbocycles. The molecule has 0 saturated heterocycles. The van der Waals surface area contributed by atoms with Crippen molar-refractivity contribution in [2.45, 2.75) is 19.8 Å². The Morgan fingerprint density at radius 1 is 1.20 bits per heavy atom. The molecule has 0 spiro atoms. The number of nitrogens with zero attached hydrogens (tertiary/aromatic N) is 1. The number of nitrogen functional groups attached to an aromatic ring is 1. The van der Waals surface area contributed by atoms with Crippen molar-refractivity contribution in [2.75, 3.05) is 20.0 Å². The fraction of sp³-hybridized carbons (Fsp3) is 0.357. The van der Waals surface area contributed by atoms with Crippen LogP contribution in [0.15, 0.2) is 21.1 Å². The second kappa shape index (κ2) is 5.75. The highest BCUT2D eigenvalue weighted by Gasteiger charge is 2.22. The third-order valence-corrected chi connectivity index (χ3v) is 3.76. The Hall–Kier alpha value is -1.69. The van der Waals surface area contributed by atoms with E-state index in [4.69, 9.17) is 19.7 Å². The molecule has 1 heterocycles. The van der Waals surface area contributed by atoms with Gasteiger partial charge in [0.25, 0.3) is 0 Å². The lowest BCUT2D eigenvalue weighted by atomic mass is 9.97.